The van der Waals surface area contributed by atoms with Crippen molar-refractivity contribution in [3.8, 4) is 0 Å². The molecule has 0 aromatic heterocycles. The molecule has 2 atom stereocenters. The lowest BCUT2D eigenvalue weighted by molar-refractivity contribution is -0.144. The smallest absolute Gasteiger partial charge is 0.335 e. The molecule has 1 aromatic carbocycles. The number of carboxylic acid groups (broad SMARTS) is 1. The molecule has 0 saturated carbocycles. The zero-order valence-electron chi connectivity index (χ0n) is 10.0. The Morgan fingerprint density at radius 1 is 1.37 bits per heavy atom. The number of halogens is 1. The van der Waals surface area contributed by atoms with Crippen LogP contribution in [0.1, 0.15) is 28.4 Å². The van der Waals surface area contributed by atoms with Crippen LogP contribution in [0.25, 0.3) is 0 Å². The summed E-state index contributed by atoms with van der Waals surface area (Å²) < 4.78 is 17.9. The first kappa shape index (κ1) is 15.1. The Kier molecular flexibility index (Phi) is 4.96. The average Bonchev–Trinajstić information content (AvgIpc) is 2.37. The number of esters is 1. The molecule has 1 rings (SSSR count). The van der Waals surface area contributed by atoms with Gasteiger partial charge in [-0.15, -0.1) is 0 Å². The second-order valence-corrected chi connectivity index (χ2v) is 3.83. The van der Waals surface area contributed by atoms with Gasteiger partial charge in [0.2, 0.25) is 0 Å². The van der Waals surface area contributed by atoms with E-state index >= 15 is 0 Å². The lowest BCUT2D eigenvalue weighted by Gasteiger charge is -2.17. The van der Waals surface area contributed by atoms with Gasteiger partial charge in [0.25, 0.3) is 0 Å². The van der Waals surface area contributed by atoms with Crippen molar-refractivity contribution in [1.82, 2.24) is 0 Å². The number of hydrogen-bond donors (Lipinski definition) is 3. The third kappa shape index (κ3) is 3.73. The summed E-state index contributed by atoms with van der Waals surface area (Å²) in [5, 5.41) is 27.9. The molecule has 0 spiro atoms. The first-order valence-corrected chi connectivity index (χ1v) is 5.32. The maximum absolute atomic E-state index is 13.6. The molecule has 0 bridgehead atoms. The van der Waals surface area contributed by atoms with Gasteiger partial charge in [0.05, 0.1) is 25.2 Å². The van der Waals surface area contributed by atoms with Crippen molar-refractivity contribution >= 4 is 11.9 Å². The van der Waals surface area contributed by atoms with Crippen LogP contribution in [0.2, 0.25) is 0 Å². The van der Waals surface area contributed by atoms with Gasteiger partial charge in [0.1, 0.15) is 11.9 Å². The van der Waals surface area contributed by atoms with Gasteiger partial charge in [-0.1, -0.05) is 6.07 Å². The van der Waals surface area contributed by atoms with Crippen LogP contribution in [0, 0.1) is 5.82 Å². The molecule has 2 unspecified atom stereocenters. The maximum atomic E-state index is 13.6. The Balaban J connectivity index is 2.90. The van der Waals surface area contributed by atoms with E-state index in [1.807, 2.05) is 0 Å². The van der Waals surface area contributed by atoms with Gasteiger partial charge in [0.15, 0.2) is 0 Å². The molecule has 0 fully saturated rings. The molecule has 19 heavy (non-hydrogen) atoms. The highest BCUT2D eigenvalue weighted by molar-refractivity contribution is 5.87. The van der Waals surface area contributed by atoms with Crippen LogP contribution in [-0.2, 0) is 9.53 Å². The molecule has 0 heterocycles. The number of aliphatic hydroxyl groups excluding tert-OH is 2. The van der Waals surface area contributed by atoms with Gasteiger partial charge in [0, 0.05) is 5.56 Å². The molecule has 0 aliphatic carbocycles. The van der Waals surface area contributed by atoms with E-state index in [9.17, 15) is 24.2 Å². The summed E-state index contributed by atoms with van der Waals surface area (Å²) in [5.74, 6) is -3.04. The number of aliphatic hydroxyl groups is 2. The minimum absolute atomic E-state index is 0.282. The van der Waals surface area contributed by atoms with E-state index in [-0.39, 0.29) is 11.1 Å². The van der Waals surface area contributed by atoms with Crippen molar-refractivity contribution in [3.05, 3.63) is 35.1 Å². The largest absolute Gasteiger partial charge is 0.478 e. The Hall–Kier alpha value is -1.99. The van der Waals surface area contributed by atoms with Gasteiger partial charge >= 0.3 is 11.9 Å². The predicted molar refractivity (Wildman–Crippen MR) is 61.0 cm³/mol. The quantitative estimate of drug-likeness (QED) is 0.673. The minimum Gasteiger partial charge on any atom is -0.478 e. The molecule has 3 N–H and O–H groups in total. The topological polar surface area (TPSA) is 104 Å². The Bertz CT molecular complexity index is 487. The number of methoxy groups -OCH3 is 1. The fourth-order valence-corrected chi connectivity index (χ4v) is 1.47. The number of hydrogen-bond acceptors (Lipinski definition) is 5. The summed E-state index contributed by atoms with van der Waals surface area (Å²) in [4.78, 5) is 21.5. The van der Waals surface area contributed by atoms with Crippen LogP contribution in [0.3, 0.4) is 0 Å². The van der Waals surface area contributed by atoms with Crippen molar-refractivity contribution in [3.63, 3.8) is 0 Å². The zero-order valence-corrected chi connectivity index (χ0v) is 10.0. The van der Waals surface area contributed by atoms with E-state index in [0.29, 0.717) is 0 Å². The Morgan fingerprint density at radius 3 is 2.47 bits per heavy atom. The van der Waals surface area contributed by atoms with E-state index in [0.717, 1.165) is 25.3 Å². The van der Waals surface area contributed by atoms with E-state index in [1.54, 1.807) is 0 Å². The number of carbonyl (C=O) groups is 2. The van der Waals surface area contributed by atoms with Crippen LogP contribution in [0.15, 0.2) is 18.2 Å². The van der Waals surface area contributed by atoms with Crippen molar-refractivity contribution in [1.29, 1.82) is 0 Å². The van der Waals surface area contributed by atoms with E-state index in [4.69, 9.17) is 5.11 Å². The second-order valence-electron chi connectivity index (χ2n) is 3.83. The molecule has 7 heteroatoms. The van der Waals surface area contributed by atoms with Gasteiger partial charge in [-0.2, -0.15) is 0 Å². The summed E-state index contributed by atoms with van der Waals surface area (Å²) in [7, 11) is 1.11. The molecule has 0 amide bonds. The SMILES string of the molecule is COC(=O)CC(O)C(O)c1ccc(C(=O)O)cc1F. The van der Waals surface area contributed by atoms with E-state index < -0.39 is 36.4 Å². The van der Waals surface area contributed by atoms with Gasteiger partial charge in [-0.25, -0.2) is 9.18 Å². The third-order valence-electron chi connectivity index (χ3n) is 2.53. The van der Waals surface area contributed by atoms with Crippen molar-refractivity contribution in [2.24, 2.45) is 0 Å². The van der Waals surface area contributed by atoms with E-state index in [1.165, 1.54) is 0 Å². The van der Waals surface area contributed by atoms with Gasteiger partial charge in [-0.05, 0) is 12.1 Å². The highest BCUT2D eigenvalue weighted by Gasteiger charge is 2.24. The van der Waals surface area contributed by atoms with Crippen molar-refractivity contribution in [2.45, 2.75) is 18.6 Å². The fraction of sp³-hybridized carbons (Fsp3) is 0.333. The molecule has 104 valence electrons. The van der Waals surface area contributed by atoms with Crippen LogP contribution in [0.4, 0.5) is 4.39 Å². The molecule has 0 radical (unpaired) electrons. The lowest BCUT2D eigenvalue weighted by Crippen LogP contribution is -2.23. The number of rotatable bonds is 5. The second kappa shape index (κ2) is 6.26. The maximum Gasteiger partial charge on any atom is 0.335 e. The summed E-state index contributed by atoms with van der Waals surface area (Å²) in [6, 6.07) is 2.87. The third-order valence-corrected chi connectivity index (χ3v) is 2.53. The van der Waals surface area contributed by atoms with Gasteiger partial charge in [-0.3, -0.25) is 4.79 Å². The predicted octanol–water partition coefficient (Wildman–Crippen LogP) is 0.481. The summed E-state index contributed by atoms with van der Waals surface area (Å²) in [6.07, 6.45) is -3.70. The number of carboxylic acids is 1. The normalized spacial score (nSPS) is 13.7. The standard InChI is InChI=1S/C12H13FO6/c1-19-10(15)5-9(14)11(16)7-3-2-6(12(17)18)4-8(7)13/h2-4,9,11,14,16H,5H2,1H3,(H,17,18). The monoisotopic (exact) mass is 272 g/mol. The molecule has 0 aliphatic rings. The summed E-state index contributed by atoms with van der Waals surface area (Å²) >= 11 is 0. The molecule has 6 nitrogen and oxygen atoms in total. The van der Waals surface area contributed by atoms with Gasteiger partial charge < -0.3 is 20.1 Å². The first-order chi connectivity index (χ1) is 8.86. The van der Waals surface area contributed by atoms with Crippen LogP contribution in [-0.4, -0.2) is 40.5 Å². The summed E-state index contributed by atoms with van der Waals surface area (Å²) in [6.45, 7) is 0. The first-order valence-electron chi connectivity index (χ1n) is 5.32. The van der Waals surface area contributed by atoms with Crippen molar-refractivity contribution in [2.75, 3.05) is 7.11 Å². The van der Waals surface area contributed by atoms with Crippen LogP contribution < -0.4 is 0 Å². The lowest BCUT2D eigenvalue weighted by atomic mass is 10.00. The molecular weight excluding hydrogens is 259 g/mol. The highest BCUT2D eigenvalue weighted by Crippen LogP contribution is 2.23. The van der Waals surface area contributed by atoms with Crippen LogP contribution in [0.5, 0.6) is 0 Å². The molecule has 0 aliphatic heterocycles. The van der Waals surface area contributed by atoms with Crippen LogP contribution >= 0.6 is 0 Å². The number of benzene rings is 1. The average molecular weight is 272 g/mol. The number of aromatic carboxylic acids is 1. The number of carbonyl (C=O) groups excluding carboxylic acids is 1. The molecule has 0 saturated heterocycles. The highest BCUT2D eigenvalue weighted by atomic mass is 19.1. The number of ether oxygens (including phenoxy) is 1. The Morgan fingerprint density at radius 2 is 2.00 bits per heavy atom. The van der Waals surface area contributed by atoms with E-state index in [2.05, 4.69) is 4.74 Å². The fourth-order valence-electron chi connectivity index (χ4n) is 1.47. The van der Waals surface area contributed by atoms with Crippen molar-refractivity contribution < 1.29 is 34.0 Å². The molecule has 1 aromatic rings. The Labute approximate surface area is 108 Å². The molecular formula is C12H13FO6. The zero-order chi connectivity index (χ0) is 14.6. The minimum atomic E-state index is -1.65. The summed E-state index contributed by atoms with van der Waals surface area (Å²) in [5.41, 5.74) is -0.572.